The molecule has 0 radical (unpaired) electrons. The maximum atomic E-state index is 13.4. The topological polar surface area (TPSA) is 148 Å². The highest BCUT2D eigenvalue weighted by atomic mass is 32.1. The first-order valence-corrected chi connectivity index (χ1v) is 22.7. The van der Waals surface area contributed by atoms with E-state index in [0.29, 0.717) is 28.6 Å². The summed E-state index contributed by atoms with van der Waals surface area (Å²) in [7, 11) is 1.65. The minimum Gasteiger partial charge on any atom is -0.384 e. The van der Waals surface area contributed by atoms with Crippen LogP contribution in [0.25, 0.3) is 11.3 Å². The van der Waals surface area contributed by atoms with Crippen molar-refractivity contribution in [1.29, 1.82) is 0 Å². The first-order chi connectivity index (χ1) is 30.7. The van der Waals surface area contributed by atoms with Crippen molar-refractivity contribution in [3.8, 4) is 0 Å². The monoisotopic (exact) mass is 890 g/mol. The van der Waals surface area contributed by atoms with Crippen LogP contribution < -0.4 is 9.80 Å². The van der Waals surface area contributed by atoms with Crippen LogP contribution in [0.15, 0.2) is 85.2 Å². The molecule has 2 aliphatic heterocycles. The Kier molecular flexibility index (Phi) is 12.7. The molecule has 2 atom stereocenters. The average Bonchev–Trinajstić information content (AvgIpc) is 4.12. The van der Waals surface area contributed by atoms with E-state index < -0.39 is 6.10 Å². The van der Waals surface area contributed by atoms with E-state index in [9.17, 15) is 13.9 Å². The lowest BCUT2D eigenvalue weighted by molar-refractivity contribution is 0.137. The summed E-state index contributed by atoms with van der Waals surface area (Å²) >= 11 is 2.93. The van der Waals surface area contributed by atoms with Gasteiger partial charge in [-0.2, -0.15) is 18.9 Å². The van der Waals surface area contributed by atoms with E-state index in [1.54, 1.807) is 35.9 Å². The molecule has 0 spiro atoms. The van der Waals surface area contributed by atoms with Crippen LogP contribution in [0.2, 0.25) is 0 Å². The summed E-state index contributed by atoms with van der Waals surface area (Å²) in [5.74, 6) is 3.75. The van der Waals surface area contributed by atoms with Gasteiger partial charge in [0, 0.05) is 92.7 Å². The summed E-state index contributed by atoms with van der Waals surface area (Å²) in [6, 6.07) is 19.9. The van der Waals surface area contributed by atoms with Gasteiger partial charge in [0.2, 0.25) is 10.3 Å². The van der Waals surface area contributed by atoms with Crippen molar-refractivity contribution in [3.05, 3.63) is 142 Å². The molecular formula is C45H48F2N12O2S2. The zero-order chi connectivity index (χ0) is 43.5. The van der Waals surface area contributed by atoms with Gasteiger partial charge in [0.15, 0.2) is 22.9 Å². The smallest absolute Gasteiger partial charge is 0.205 e. The highest BCUT2D eigenvalue weighted by molar-refractivity contribution is 7.10. The molecule has 2 unspecified atom stereocenters. The molecule has 0 aliphatic carbocycles. The highest BCUT2D eigenvalue weighted by Crippen LogP contribution is 2.31. The number of halogens is 2. The van der Waals surface area contributed by atoms with Crippen molar-refractivity contribution in [1.82, 2.24) is 47.9 Å². The Labute approximate surface area is 371 Å². The van der Waals surface area contributed by atoms with Gasteiger partial charge in [-0.15, -0.1) is 0 Å². The van der Waals surface area contributed by atoms with Crippen LogP contribution in [0.4, 0.5) is 19.0 Å². The van der Waals surface area contributed by atoms with Gasteiger partial charge in [-0.1, -0.05) is 36.4 Å². The summed E-state index contributed by atoms with van der Waals surface area (Å²) in [6.07, 6.45) is 8.44. The first kappa shape index (κ1) is 42.5. The predicted molar refractivity (Wildman–Crippen MR) is 238 cm³/mol. The summed E-state index contributed by atoms with van der Waals surface area (Å²) in [4.78, 5) is 23.2. The quantitative estimate of drug-likeness (QED) is 0.135. The van der Waals surface area contributed by atoms with Gasteiger partial charge in [0.05, 0.1) is 0 Å². The third-order valence-corrected chi connectivity index (χ3v) is 13.5. The van der Waals surface area contributed by atoms with Crippen LogP contribution in [0.5, 0.6) is 0 Å². The van der Waals surface area contributed by atoms with Crippen molar-refractivity contribution in [2.75, 3.05) is 43.1 Å². The number of benzene rings is 2. The van der Waals surface area contributed by atoms with E-state index in [2.05, 4.69) is 33.6 Å². The average molecular weight is 891 g/mol. The number of hydrogen-bond donors (Lipinski definition) is 1. The Morgan fingerprint density at radius 3 is 1.52 bits per heavy atom. The number of fused-ring (bicyclic) bond motifs is 2. The van der Waals surface area contributed by atoms with E-state index in [4.69, 9.17) is 19.8 Å². The van der Waals surface area contributed by atoms with E-state index in [1.807, 2.05) is 55.0 Å². The predicted octanol–water partition coefficient (Wildman–Crippen LogP) is 7.79. The standard InChI is InChI=1S/C23H25FN6OS.C22H23FN6OS/c1-15-25-23(32-28-15)29-12-9-16(10-13-29)14-20-26-22-19(4-3-11-30(22)27-20)21(31-2)17-5-7-18(24)8-6-17;1-14-24-22(31-27-14)28-11-8-15(9-12-28)13-19-25-21-18(3-2-10-29(21)26-19)20(30)16-4-6-17(23)7-5-16/h3-8,11,16,21H,9-10,12-14H2,1-2H3;2-7,10,15,20,30H,8-9,11-13H2,1H3. The molecular weight excluding hydrogens is 843 g/mol. The van der Waals surface area contributed by atoms with Gasteiger partial charge in [-0.25, -0.2) is 37.7 Å². The number of aliphatic hydroxyl groups is 1. The van der Waals surface area contributed by atoms with Crippen LogP contribution in [-0.4, -0.2) is 86.3 Å². The van der Waals surface area contributed by atoms with Gasteiger partial charge in [-0.05, 0) is 98.9 Å². The van der Waals surface area contributed by atoms with Crippen molar-refractivity contribution in [3.63, 3.8) is 0 Å². The first-order valence-electron chi connectivity index (χ1n) is 21.2. The molecule has 2 aromatic carbocycles. The summed E-state index contributed by atoms with van der Waals surface area (Å²) in [6.45, 7) is 7.73. The number of aliphatic hydroxyl groups excluding tert-OH is 1. The Morgan fingerprint density at radius 2 is 1.08 bits per heavy atom. The van der Waals surface area contributed by atoms with E-state index in [1.165, 1.54) is 47.3 Å². The maximum absolute atomic E-state index is 13.4. The highest BCUT2D eigenvalue weighted by Gasteiger charge is 2.26. The lowest BCUT2D eigenvalue weighted by Crippen LogP contribution is -2.34. The number of aromatic nitrogens is 10. The van der Waals surface area contributed by atoms with Crippen LogP contribution >= 0.6 is 23.1 Å². The van der Waals surface area contributed by atoms with E-state index in [0.717, 1.165) is 115 Å². The molecule has 0 saturated carbocycles. The fourth-order valence-corrected chi connectivity index (χ4v) is 9.89. The minimum atomic E-state index is -0.889. The molecule has 1 N–H and O–H groups in total. The van der Waals surface area contributed by atoms with Crippen LogP contribution in [-0.2, 0) is 17.6 Å². The van der Waals surface area contributed by atoms with E-state index >= 15 is 0 Å². The normalized spacial score (nSPS) is 16.1. The molecule has 0 bridgehead atoms. The number of rotatable bonds is 11. The van der Waals surface area contributed by atoms with Gasteiger partial charge >= 0.3 is 0 Å². The molecule has 6 aromatic heterocycles. The number of anilines is 2. The van der Waals surface area contributed by atoms with Gasteiger partial charge < -0.3 is 19.6 Å². The molecule has 326 valence electrons. The molecule has 63 heavy (non-hydrogen) atoms. The Bertz CT molecular complexity index is 2760. The number of hydrogen-bond acceptors (Lipinski definition) is 14. The zero-order valence-corrected chi connectivity index (χ0v) is 36.9. The van der Waals surface area contributed by atoms with E-state index in [-0.39, 0.29) is 17.7 Å². The number of nitrogens with zero attached hydrogens (tertiary/aromatic N) is 12. The SMILES string of the molecule is COC(c1ccc(F)cc1)c1cccn2nc(CC3CCN(c4nc(C)ns4)CC3)nc12.Cc1nsc(N2CCC(Cc3nc4c(C(O)c5ccc(F)cc5)cccn4n3)CC2)n1. The maximum Gasteiger partial charge on any atom is 0.205 e. The van der Waals surface area contributed by atoms with Gasteiger partial charge in [0.25, 0.3) is 0 Å². The fraction of sp³-hybridized carbons (Fsp3) is 0.378. The lowest BCUT2D eigenvalue weighted by atomic mass is 9.93. The van der Waals surface area contributed by atoms with Crippen LogP contribution in [0.1, 0.15) is 83.4 Å². The Balaban J connectivity index is 0.000000160. The molecule has 2 aliphatic rings. The second-order valence-electron chi connectivity index (χ2n) is 16.2. The largest absolute Gasteiger partial charge is 0.384 e. The van der Waals surface area contributed by atoms with Crippen molar-refractivity contribution >= 4 is 44.6 Å². The number of methoxy groups -OCH3 is 1. The summed E-state index contributed by atoms with van der Waals surface area (Å²) < 4.78 is 44.5. The molecule has 8 aromatic rings. The summed E-state index contributed by atoms with van der Waals surface area (Å²) in [5.41, 5.74) is 4.50. The second kappa shape index (κ2) is 18.9. The van der Waals surface area contributed by atoms with Gasteiger partial charge in [0.1, 0.15) is 35.5 Å². The minimum absolute atomic E-state index is 0.265. The second-order valence-corrected chi connectivity index (χ2v) is 17.6. The number of ether oxygens (including phenoxy) is 1. The molecule has 2 fully saturated rings. The number of pyridine rings is 2. The third kappa shape index (κ3) is 9.73. The lowest BCUT2D eigenvalue weighted by Gasteiger charge is -2.30. The van der Waals surface area contributed by atoms with Crippen LogP contribution in [0, 0.1) is 37.3 Å². The number of aryl methyl sites for hydroxylation is 2. The Hall–Kier alpha value is -5.82. The fourth-order valence-electron chi connectivity index (χ4n) is 8.44. The number of piperidine rings is 2. The Morgan fingerprint density at radius 1 is 0.635 bits per heavy atom. The molecule has 2 saturated heterocycles. The van der Waals surface area contributed by atoms with Crippen molar-refractivity contribution in [2.45, 2.75) is 64.6 Å². The van der Waals surface area contributed by atoms with Gasteiger partial charge in [-0.3, -0.25) is 0 Å². The molecule has 14 nitrogen and oxygen atoms in total. The van der Waals surface area contributed by atoms with Crippen LogP contribution in [0.3, 0.4) is 0 Å². The zero-order valence-electron chi connectivity index (χ0n) is 35.3. The van der Waals surface area contributed by atoms with Crippen molar-refractivity contribution < 1.29 is 18.6 Å². The summed E-state index contributed by atoms with van der Waals surface area (Å²) in [5, 5.41) is 22.2. The molecule has 0 amide bonds. The molecule has 10 rings (SSSR count). The third-order valence-electron chi connectivity index (χ3n) is 11.8. The van der Waals surface area contributed by atoms with Crippen molar-refractivity contribution in [2.24, 2.45) is 11.8 Å². The molecule has 18 heteroatoms. The molecule has 8 heterocycles.